The first-order valence-electron chi connectivity index (χ1n) is 9.61. The maximum absolute atomic E-state index is 12.2. The lowest BCUT2D eigenvalue weighted by atomic mass is 10.1. The first-order chi connectivity index (χ1) is 13.3. The molecule has 0 spiro atoms. The van der Waals surface area contributed by atoms with E-state index in [0.29, 0.717) is 5.56 Å². The van der Waals surface area contributed by atoms with Gasteiger partial charge in [0.05, 0.1) is 0 Å². The normalized spacial score (nSPS) is 14.6. The Morgan fingerprint density at radius 2 is 1.56 bits per heavy atom. The molecule has 1 aliphatic heterocycles. The summed E-state index contributed by atoms with van der Waals surface area (Å²) in [4.78, 5) is 17.5. The van der Waals surface area contributed by atoms with Crippen molar-refractivity contribution < 1.29 is 0 Å². The van der Waals surface area contributed by atoms with Crippen LogP contribution >= 0.6 is 0 Å². The van der Waals surface area contributed by atoms with Gasteiger partial charge in [-0.05, 0) is 60.2 Å². The fourth-order valence-corrected chi connectivity index (χ4v) is 3.56. The standard InChI is InChI=1S/C24H24N2O/c27-24-21(17-22(18-25-24)20-7-3-1-4-8-20)12-9-19-10-13-23(14-11-19)26-15-5-2-6-16-26/h1,3-4,7-14,17-18H,2,5-6,15-16H2,(H,25,27). The number of aromatic nitrogens is 1. The molecule has 0 bridgehead atoms. The summed E-state index contributed by atoms with van der Waals surface area (Å²) in [6.45, 7) is 2.30. The van der Waals surface area contributed by atoms with Gasteiger partial charge in [0.25, 0.3) is 5.56 Å². The average molecular weight is 356 g/mol. The second kappa shape index (κ2) is 8.09. The number of nitrogens with zero attached hydrogens (tertiary/aromatic N) is 1. The van der Waals surface area contributed by atoms with E-state index in [4.69, 9.17) is 0 Å². The second-order valence-electron chi connectivity index (χ2n) is 7.01. The number of aromatic amines is 1. The third-order valence-corrected chi connectivity index (χ3v) is 5.11. The van der Waals surface area contributed by atoms with E-state index in [0.717, 1.165) is 29.8 Å². The maximum atomic E-state index is 12.2. The second-order valence-corrected chi connectivity index (χ2v) is 7.01. The number of hydrogen-bond donors (Lipinski definition) is 1. The summed E-state index contributed by atoms with van der Waals surface area (Å²) >= 11 is 0. The van der Waals surface area contributed by atoms with Crippen LogP contribution in [0.3, 0.4) is 0 Å². The third-order valence-electron chi connectivity index (χ3n) is 5.11. The average Bonchev–Trinajstić information content (AvgIpc) is 2.75. The third kappa shape index (κ3) is 4.20. The molecule has 3 heteroatoms. The summed E-state index contributed by atoms with van der Waals surface area (Å²) in [6, 6.07) is 20.6. The molecule has 27 heavy (non-hydrogen) atoms. The van der Waals surface area contributed by atoms with Gasteiger partial charge < -0.3 is 9.88 Å². The zero-order valence-electron chi connectivity index (χ0n) is 15.4. The van der Waals surface area contributed by atoms with Crippen LogP contribution < -0.4 is 10.5 Å². The maximum Gasteiger partial charge on any atom is 0.255 e. The summed E-state index contributed by atoms with van der Waals surface area (Å²) < 4.78 is 0. The number of H-pyrrole nitrogens is 1. The van der Waals surface area contributed by atoms with Crippen molar-refractivity contribution in [2.75, 3.05) is 18.0 Å². The van der Waals surface area contributed by atoms with E-state index in [1.54, 1.807) is 6.20 Å². The van der Waals surface area contributed by atoms with Crippen LogP contribution in [0.15, 0.2) is 71.7 Å². The summed E-state index contributed by atoms with van der Waals surface area (Å²) in [5, 5.41) is 0. The van der Waals surface area contributed by atoms with E-state index in [9.17, 15) is 4.79 Å². The Morgan fingerprint density at radius 1 is 0.815 bits per heavy atom. The van der Waals surface area contributed by atoms with E-state index >= 15 is 0 Å². The van der Waals surface area contributed by atoms with Gasteiger partial charge in [-0.15, -0.1) is 0 Å². The quantitative estimate of drug-likeness (QED) is 0.697. The Morgan fingerprint density at radius 3 is 2.30 bits per heavy atom. The molecule has 0 amide bonds. The predicted molar refractivity (Wildman–Crippen MR) is 114 cm³/mol. The Balaban J connectivity index is 1.53. The molecule has 4 rings (SSSR count). The number of pyridine rings is 1. The van der Waals surface area contributed by atoms with Gasteiger partial charge in [-0.25, -0.2) is 0 Å². The highest BCUT2D eigenvalue weighted by atomic mass is 16.1. The van der Waals surface area contributed by atoms with Gasteiger partial charge in [0.1, 0.15) is 0 Å². The molecule has 0 unspecified atom stereocenters. The van der Waals surface area contributed by atoms with Crippen molar-refractivity contribution in [3.63, 3.8) is 0 Å². The molecular weight excluding hydrogens is 332 g/mol. The van der Waals surface area contributed by atoms with E-state index in [1.165, 1.54) is 24.9 Å². The first-order valence-corrected chi connectivity index (χ1v) is 9.61. The van der Waals surface area contributed by atoms with Gasteiger partial charge in [-0.1, -0.05) is 48.5 Å². The van der Waals surface area contributed by atoms with Gasteiger partial charge in [-0.3, -0.25) is 4.79 Å². The molecule has 1 aromatic heterocycles. The lowest BCUT2D eigenvalue weighted by Crippen LogP contribution is -2.29. The number of anilines is 1. The van der Waals surface area contributed by atoms with E-state index < -0.39 is 0 Å². The molecule has 2 heterocycles. The first kappa shape index (κ1) is 17.3. The largest absolute Gasteiger partial charge is 0.372 e. The highest BCUT2D eigenvalue weighted by molar-refractivity contribution is 5.73. The molecule has 1 saturated heterocycles. The van der Waals surface area contributed by atoms with Crippen molar-refractivity contribution >= 4 is 17.8 Å². The van der Waals surface area contributed by atoms with Gasteiger partial charge >= 0.3 is 0 Å². The van der Waals surface area contributed by atoms with Crippen molar-refractivity contribution in [2.45, 2.75) is 19.3 Å². The Labute approximate surface area is 160 Å². The minimum absolute atomic E-state index is 0.0733. The molecule has 1 N–H and O–H groups in total. The smallest absolute Gasteiger partial charge is 0.255 e. The Bertz CT molecular complexity index is 965. The summed E-state index contributed by atoms with van der Waals surface area (Å²) in [7, 11) is 0. The summed E-state index contributed by atoms with van der Waals surface area (Å²) in [6.07, 6.45) is 9.56. The highest BCUT2D eigenvalue weighted by Crippen LogP contribution is 2.21. The molecule has 0 saturated carbocycles. The van der Waals surface area contributed by atoms with Crippen molar-refractivity contribution in [3.05, 3.63) is 88.3 Å². The molecule has 2 aromatic carbocycles. The Hall–Kier alpha value is -3.07. The number of benzene rings is 2. The van der Waals surface area contributed by atoms with Gasteiger partial charge in [0, 0.05) is 30.5 Å². The monoisotopic (exact) mass is 356 g/mol. The van der Waals surface area contributed by atoms with Crippen molar-refractivity contribution in [1.82, 2.24) is 4.98 Å². The van der Waals surface area contributed by atoms with Crippen LogP contribution in [0, 0.1) is 0 Å². The van der Waals surface area contributed by atoms with Crippen molar-refractivity contribution in [1.29, 1.82) is 0 Å². The molecular formula is C24H24N2O. The number of nitrogens with one attached hydrogen (secondary N) is 1. The van der Waals surface area contributed by atoms with E-state index in [1.807, 2.05) is 48.6 Å². The molecule has 1 aliphatic rings. The van der Waals surface area contributed by atoms with Crippen molar-refractivity contribution in [2.24, 2.45) is 0 Å². The zero-order valence-corrected chi connectivity index (χ0v) is 15.4. The number of piperidine rings is 1. The van der Waals surface area contributed by atoms with Gasteiger partial charge in [-0.2, -0.15) is 0 Å². The van der Waals surface area contributed by atoms with E-state index in [2.05, 4.69) is 34.1 Å². The van der Waals surface area contributed by atoms with Crippen LogP contribution in [-0.4, -0.2) is 18.1 Å². The number of rotatable bonds is 4. The fraction of sp³-hybridized carbons (Fsp3) is 0.208. The minimum Gasteiger partial charge on any atom is -0.372 e. The number of hydrogen-bond acceptors (Lipinski definition) is 2. The van der Waals surface area contributed by atoms with Crippen LogP contribution in [0.4, 0.5) is 5.69 Å². The minimum atomic E-state index is -0.0733. The van der Waals surface area contributed by atoms with Crippen LogP contribution in [0.2, 0.25) is 0 Å². The molecule has 3 nitrogen and oxygen atoms in total. The molecule has 0 radical (unpaired) electrons. The lowest BCUT2D eigenvalue weighted by Gasteiger charge is -2.28. The SMILES string of the molecule is O=c1[nH]cc(-c2ccccc2)cc1C=Cc1ccc(N2CCCCC2)cc1. The summed E-state index contributed by atoms with van der Waals surface area (Å²) in [5.41, 5.74) is 5.08. The Kier molecular flexibility index (Phi) is 5.20. The molecule has 0 aliphatic carbocycles. The van der Waals surface area contributed by atoms with E-state index in [-0.39, 0.29) is 5.56 Å². The summed E-state index contributed by atoms with van der Waals surface area (Å²) in [5.74, 6) is 0. The van der Waals surface area contributed by atoms with Gasteiger partial charge in [0.15, 0.2) is 0 Å². The van der Waals surface area contributed by atoms with Crippen LogP contribution in [0.25, 0.3) is 23.3 Å². The predicted octanol–water partition coefficient (Wildman–Crippen LogP) is 5.20. The molecule has 1 fully saturated rings. The topological polar surface area (TPSA) is 36.1 Å². The van der Waals surface area contributed by atoms with Crippen LogP contribution in [0.5, 0.6) is 0 Å². The van der Waals surface area contributed by atoms with Crippen LogP contribution in [-0.2, 0) is 0 Å². The molecule has 0 atom stereocenters. The lowest BCUT2D eigenvalue weighted by molar-refractivity contribution is 0.578. The fourth-order valence-electron chi connectivity index (χ4n) is 3.56. The zero-order chi connectivity index (χ0) is 18.5. The molecule has 136 valence electrons. The van der Waals surface area contributed by atoms with Crippen LogP contribution in [0.1, 0.15) is 30.4 Å². The highest BCUT2D eigenvalue weighted by Gasteiger charge is 2.10. The molecule has 3 aromatic rings. The van der Waals surface area contributed by atoms with Gasteiger partial charge in [0.2, 0.25) is 0 Å². The van der Waals surface area contributed by atoms with Crippen molar-refractivity contribution in [3.8, 4) is 11.1 Å².